The molecule has 0 spiro atoms. The van der Waals surface area contributed by atoms with E-state index in [4.69, 9.17) is 11.6 Å². The largest absolute Gasteiger partial charge is 0.313 e. The van der Waals surface area contributed by atoms with E-state index in [1.54, 1.807) is 12.1 Å². The number of hydrogen-bond donors (Lipinski definition) is 1. The summed E-state index contributed by atoms with van der Waals surface area (Å²) in [6.45, 7) is 0.871. The van der Waals surface area contributed by atoms with Crippen LogP contribution < -0.4 is 5.32 Å². The Morgan fingerprint density at radius 2 is 1.95 bits per heavy atom. The van der Waals surface area contributed by atoms with E-state index >= 15 is 0 Å². The Labute approximate surface area is 119 Å². The molecule has 0 heterocycles. The predicted molar refractivity (Wildman–Crippen MR) is 77.1 cm³/mol. The van der Waals surface area contributed by atoms with Gasteiger partial charge in [0.25, 0.3) is 0 Å². The molecule has 0 saturated heterocycles. The van der Waals surface area contributed by atoms with E-state index in [1.807, 2.05) is 6.07 Å². The van der Waals surface area contributed by atoms with Crippen molar-refractivity contribution >= 4 is 11.6 Å². The summed E-state index contributed by atoms with van der Waals surface area (Å²) >= 11 is 6.27. The Balaban J connectivity index is 1.83. The lowest BCUT2D eigenvalue weighted by molar-refractivity contribution is 0.398. The summed E-state index contributed by atoms with van der Waals surface area (Å²) in [7, 11) is 0. The molecule has 3 rings (SSSR count). The van der Waals surface area contributed by atoms with E-state index in [9.17, 15) is 4.39 Å². The second-order valence-electron chi connectivity index (χ2n) is 5.97. The first-order valence-corrected chi connectivity index (χ1v) is 7.81. The van der Waals surface area contributed by atoms with Gasteiger partial charge in [-0.1, -0.05) is 30.5 Å². The summed E-state index contributed by atoms with van der Waals surface area (Å²) in [5.74, 6) is 0.680. The molecular weight excluding hydrogens is 261 g/mol. The van der Waals surface area contributed by atoms with Gasteiger partial charge in [0.2, 0.25) is 0 Å². The van der Waals surface area contributed by atoms with Crippen LogP contribution in [0, 0.1) is 11.7 Å². The molecule has 2 aliphatic carbocycles. The highest BCUT2D eigenvalue weighted by molar-refractivity contribution is 6.31. The zero-order valence-corrected chi connectivity index (χ0v) is 11.9. The first-order chi connectivity index (χ1) is 9.25. The van der Waals surface area contributed by atoms with Crippen LogP contribution in [-0.4, -0.2) is 12.6 Å². The number of rotatable bonds is 5. The van der Waals surface area contributed by atoms with Crippen LogP contribution in [-0.2, 0) is 0 Å². The molecule has 1 aromatic rings. The third-order valence-corrected chi connectivity index (χ3v) is 4.87. The fourth-order valence-corrected chi connectivity index (χ4v) is 3.61. The molecule has 3 heteroatoms. The molecule has 104 valence electrons. The van der Waals surface area contributed by atoms with E-state index in [0.29, 0.717) is 17.0 Å². The van der Waals surface area contributed by atoms with Crippen molar-refractivity contribution in [2.75, 3.05) is 6.54 Å². The molecule has 2 fully saturated rings. The van der Waals surface area contributed by atoms with Crippen molar-refractivity contribution in [1.82, 2.24) is 5.32 Å². The lowest BCUT2D eigenvalue weighted by Gasteiger charge is -2.25. The average Bonchev–Trinajstić information content (AvgIpc) is 3.05. The summed E-state index contributed by atoms with van der Waals surface area (Å²) in [6, 6.07) is 5.72. The third kappa shape index (κ3) is 3.11. The van der Waals surface area contributed by atoms with E-state index in [0.717, 1.165) is 12.1 Å². The summed E-state index contributed by atoms with van der Waals surface area (Å²) in [5, 5.41) is 4.15. The summed E-state index contributed by atoms with van der Waals surface area (Å²) < 4.78 is 14.2. The molecule has 19 heavy (non-hydrogen) atoms. The highest BCUT2D eigenvalue weighted by Crippen LogP contribution is 2.40. The van der Waals surface area contributed by atoms with Crippen LogP contribution in [0.5, 0.6) is 0 Å². The molecule has 0 aromatic heterocycles. The Bertz CT molecular complexity index is 418. The van der Waals surface area contributed by atoms with Gasteiger partial charge in [0.15, 0.2) is 0 Å². The second kappa shape index (κ2) is 5.80. The van der Waals surface area contributed by atoms with Gasteiger partial charge in [0.1, 0.15) is 5.82 Å². The van der Waals surface area contributed by atoms with Gasteiger partial charge in [-0.2, -0.15) is 0 Å². The first kappa shape index (κ1) is 13.4. The molecule has 1 nitrogen and oxygen atoms in total. The lowest BCUT2D eigenvalue weighted by Crippen LogP contribution is -2.28. The standard InChI is InChI=1S/C16H21ClFN/c17-14-6-3-7-15(18)16(14)13(10-19-12-8-9-12)11-4-1-2-5-11/h3,6-7,11-13,19H,1-2,4-5,8-10H2. The van der Waals surface area contributed by atoms with Crippen molar-refractivity contribution in [3.63, 3.8) is 0 Å². The summed E-state index contributed by atoms with van der Waals surface area (Å²) in [5.41, 5.74) is 0.740. The maximum absolute atomic E-state index is 14.2. The molecule has 1 atom stereocenters. The number of benzene rings is 1. The first-order valence-electron chi connectivity index (χ1n) is 7.43. The molecule has 0 aliphatic heterocycles. The minimum Gasteiger partial charge on any atom is -0.313 e. The number of halogens is 2. The van der Waals surface area contributed by atoms with Crippen molar-refractivity contribution < 1.29 is 4.39 Å². The smallest absolute Gasteiger partial charge is 0.128 e. The Morgan fingerprint density at radius 1 is 1.21 bits per heavy atom. The molecule has 1 unspecified atom stereocenters. The third-order valence-electron chi connectivity index (χ3n) is 4.54. The van der Waals surface area contributed by atoms with Gasteiger partial charge in [0, 0.05) is 29.1 Å². The SMILES string of the molecule is Fc1cccc(Cl)c1C(CNC1CC1)C1CCCC1. The molecule has 2 aliphatic rings. The van der Waals surface area contributed by atoms with E-state index in [-0.39, 0.29) is 11.7 Å². The molecule has 0 radical (unpaired) electrons. The Morgan fingerprint density at radius 3 is 2.58 bits per heavy atom. The van der Waals surface area contributed by atoms with Crippen LogP contribution in [0.25, 0.3) is 0 Å². The summed E-state index contributed by atoms with van der Waals surface area (Å²) in [4.78, 5) is 0. The van der Waals surface area contributed by atoms with E-state index in [1.165, 1.54) is 38.5 Å². The Kier molecular flexibility index (Phi) is 4.09. The van der Waals surface area contributed by atoms with Crippen LogP contribution in [0.15, 0.2) is 18.2 Å². The second-order valence-corrected chi connectivity index (χ2v) is 6.38. The van der Waals surface area contributed by atoms with Crippen molar-refractivity contribution in [2.24, 2.45) is 5.92 Å². The zero-order chi connectivity index (χ0) is 13.2. The molecule has 0 amide bonds. The quantitative estimate of drug-likeness (QED) is 0.838. The van der Waals surface area contributed by atoms with Crippen molar-refractivity contribution in [1.29, 1.82) is 0 Å². The van der Waals surface area contributed by atoms with Gasteiger partial charge in [-0.15, -0.1) is 0 Å². The monoisotopic (exact) mass is 281 g/mol. The van der Waals surface area contributed by atoms with Gasteiger partial charge in [-0.3, -0.25) is 0 Å². The van der Waals surface area contributed by atoms with E-state index < -0.39 is 0 Å². The highest BCUT2D eigenvalue weighted by atomic mass is 35.5. The molecule has 2 saturated carbocycles. The van der Waals surface area contributed by atoms with Crippen molar-refractivity contribution in [3.05, 3.63) is 34.6 Å². The highest BCUT2D eigenvalue weighted by Gasteiger charge is 2.31. The van der Waals surface area contributed by atoms with Crippen LogP contribution in [0.3, 0.4) is 0 Å². The van der Waals surface area contributed by atoms with Gasteiger partial charge >= 0.3 is 0 Å². The predicted octanol–water partition coefficient (Wildman–Crippen LogP) is 4.50. The number of hydrogen-bond acceptors (Lipinski definition) is 1. The molecule has 0 bridgehead atoms. The molecule has 1 N–H and O–H groups in total. The zero-order valence-electron chi connectivity index (χ0n) is 11.2. The van der Waals surface area contributed by atoms with Crippen LogP contribution >= 0.6 is 11.6 Å². The van der Waals surface area contributed by atoms with Gasteiger partial charge < -0.3 is 5.32 Å². The molecule has 1 aromatic carbocycles. The number of nitrogens with one attached hydrogen (secondary N) is 1. The molecular formula is C16H21ClFN. The van der Waals surface area contributed by atoms with Crippen LogP contribution in [0.4, 0.5) is 4.39 Å². The average molecular weight is 282 g/mol. The van der Waals surface area contributed by atoms with Crippen molar-refractivity contribution in [2.45, 2.75) is 50.5 Å². The van der Waals surface area contributed by atoms with Crippen molar-refractivity contribution in [3.8, 4) is 0 Å². The van der Waals surface area contributed by atoms with Crippen LogP contribution in [0.2, 0.25) is 5.02 Å². The Hall–Kier alpha value is -0.600. The van der Waals surface area contributed by atoms with Gasteiger partial charge in [-0.05, 0) is 43.7 Å². The lowest BCUT2D eigenvalue weighted by atomic mass is 9.84. The fourth-order valence-electron chi connectivity index (χ4n) is 3.31. The normalized spacial score (nSPS) is 21.8. The topological polar surface area (TPSA) is 12.0 Å². The minimum absolute atomic E-state index is 0.137. The fraction of sp³-hybridized carbons (Fsp3) is 0.625. The maximum Gasteiger partial charge on any atom is 0.128 e. The van der Waals surface area contributed by atoms with Gasteiger partial charge in [0.05, 0.1) is 0 Å². The van der Waals surface area contributed by atoms with Crippen LogP contribution in [0.1, 0.15) is 50.0 Å². The summed E-state index contributed by atoms with van der Waals surface area (Å²) in [6.07, 6.45) is 7.50. The van der Waals surface area contributed by atoms with Gasteiger partial charge in [-0.25, -0.2) is 4.39 Å². The minimum atomic E-state index is -0.137. The maximum atomic E-state index is 14.2. The van der Waals surface area contributed by atoms with E-state index in [2.05, 4.69) is 5.32 Å².